The minimum absolute atomic E-state index is 0.490. The second kappa shape index (κ2) is 4.14. The summed E-state index contributed by atoms with van der Waals surface area (Å²) < 4.78 is 19.4. The fraction of sp³-hybridized carbons (Fsp3) is 0.333. The van der Waals surface area contributed by atoms with Gasteiger partial charge in [-0.3, -0.25) is 4.11 Å². The van der Waals surface area contributed by atoms with E-state index in [0.717, 1.165) is 0 Å². The number of rotatable bonds is 3. The van der Waals surface area contributed by atoms with Gasteiger partial charge in [0, 0.05) is 5.19 Å². The summed E-state index contributed by atoms with van der Waals surface area (Å²) in [6.45, 7) is 5.79. The molecule has 1 rings (SSSR count). The van der Waals surface area contributed by atoms with Crippen LogP contribution in [-0.2, 0) is 4.12 Å². The Kier molecular flexibility index (Phi) is 3.52. The minimum atomic E-state index is -3.68. The first-order valence-electron chi connectivity index (χ1n) is 4.45. The van der Waals surface area contributed by atoms with E-state index in [4.69, 9.17) is 15.2 Å². The first-order chi connectivity index (χ1) is 6.31. The van der Waals surface area contributed by atoms with Crippen LogP contribution in [0.15, 0.2) is 30.3 Å². The predicted octanol–water partition coefficient (Wildman–Crippen LogP) is 2.89. The van der Waals surface area contributed by atoms with Crippen molar-refractivity contribution in [2.75, 3.05) is 0 Å². The molecule has 0 aliphatic heterocycles. The fourth-order valence-corrected chi connectivity index (χ4v) is 7.67. The van der Waals surface area contributed by atoms with E-state index in [1.165, 1.54) is 0 Å². The fourth-order valence-electron chi connectivity index (χ4n) is 1.08. The molecule has 1 nitrogen and oxygen atoms in total. The topological polar surface area (TPSA) is 9.23 Å². The predicted molar refractivity (Wildman–Crippen MR) is 63.2 cm³/mol. The monoisotopic (exact) mass is 248 g/mol. The quantitative estimate of drug-likeness (QED) is 0.591. The lowest BCUT2D eigenvalue weighted by Gasteiger charge is -2.25. The van der Waals surface area contributed by atoms with Crippen molar-refractivity contribution in [2.45, 2.75) is 19.6 Å². The summed E-state index contributed by atoms with van der Waals surface area (Å²) in [6.07, 6.45) is 0. The van der Waals surface area contributed by atoms with E-state index in [-0.39, 0.29) is 0 Å². The summed E-state index contributed by atoms with van der Waals surface area (Å²) in [6, 6.07) is 8.73. The molecule has 0 saturated heterocycles. The SMILES string of the molecule is C[Si](C)(C)O[Si](F)(Cl)c1ccccc1. The molecule has 1 aromatic rings. The van der Waals surface area contributed by atoms with E-state index >= 15 is 0 Å². The third-order valence-corrected chi connectivity index (χ3v) is 7.37. The highest BCUT2D eigenvalue weighted by molar-refractivity contribution is 7.22. The minimum Gasteiger partial charge on any atom is -0.419 e. The summed E-state index contributed by atoms with van der Waals surface area (Å²) in [5.74, 6) is 0. The van der Waals surface area contributed by atoms with Crippen molar-refractivity contribution >= 4 is 32.5 Å². The molecule has 0 fully saturated rings. The molecule has 5 heteroatoms. The van der Waals surface area contributed by atoms with Crippen LogP contribution in [0.2, 0.25) is 19.6 Å². The van der Waals surface area contributed by atoms with Crippen LogP contribution in [-0.4, -0.2) is 16.3 Å². The van der Waals surface area contributed by atoms with Gasteiger partial charge in [-0.2, -0.15) is 0 Å². The number of halogens is 2. The Morgan fingerprint density at radius 3 is 2.07 bits per heavy atom. The van der Waals surface area contributed by atoms with E-state index in [9.17, 15) is 4.11 Å². The van der Waals surface area contributed by atoms with Crippen LogP contribution in [0.5, 0.6) is 0 Å². The van der Waals surface area contributed by atoms with E-state index < -0.39 is 16.3 Å². The Bertz CT molecular complexity index is 297. The van der Waals surface area contributed by atoms with Gasteiger partial charge in [0.1, 0.15) is 0 Å². The Balaban J connectivity index is 2.86. The highest BCUT2D eigenvalue weighted by atomic mass is 35.6. The van der Waals surface area contributed by atoms with Gasteiger partial charge in [0.05, 0.1) is 0 Å². The zero-order valence-electron chi connectivity index (χ0n) is 8.55. The lowest BCUT2D eigenvalue weighted by Crippen LogP contribution is -2.48. The number of hydrogen-bond donors (Lipinski definition) is 0. The van der Waals surface area contributed by atoms with Crippen molar-refractivity contribution in [3.8, 4) is 0 Å². The maximum atomic E-state index is 14.0. The number of hydrogen-bond acceptors (Lipinski definition) is 1. The van der Waals surface area contributed by atoms with Gasteiger partial charge in [0.2, 0.25) is 0 Å². The summed E-state index contributed by atoms with van der Waals surface area (Å²) in [4.78, 5) is 0. The average Bonchev–Trinajstić information content (AvgIpc) is 2.01. The summed E-state index contributed by atoms with van der Waals surface area (Å²) in [5, 5.41) is 0.490. The van der Waals surface area contributed by atoms with Crippen LogP contribution < -0.4 is 5.19 Å². The first-order valence-corrected chi connectivity index (χ1v) is 10.7. The van der Waals surface area contributed by atoms with E-state index in [1.807, 2.05) is 25.7 Å². The van der Waals surface area contributed by atoms with Crippen LogP contribution in [0.25, 0.3) is 0 Å². The standard InChI is InChI=1S/C9H14ClFOSi2/c1-13(2,3)12-14(10,11)9-7-5-4-6-8-9/h4-8H,1-3H3. The Morgan fingerprint density at radius 2 is 1.64 bits per heavy atom. The molecule has 0 saturated carbocycles. The molecule has 1 atom stereocenters. The number of benzene rings is 1. The van der Waals surface area contributed by atoms with Gasteiger partial charge in [0.15, 0.2) is 8.32 Å². The van der Waals surface area contributed by atoms with Crippen molar-refractivity contribution in [3.05, 3.63) is 30.3 Å². The molecule has 14 heavy (non-hydrogen) atoms. The maximum absolute atomic E-state index is 14.0. The molecule has 78 valence electrons. The Morgan fingerprint density at radius 1 is 1.14 bits per heavy atom. The molecule has 1 unspecified atom stereocenters. The molecule has 0 N–H and O–H groups in total. The van der Waals surface area contributed by atoms with Crippen molar-refractivity contribution in [1.29, 1.82) is 0 Å². The van der Waals surface area contributed by atoms with Gasteiger partial charge >= 0.3 is 7.96 Å². The van der Waals surface area contributed by atoms with Crippen molar-refractivity contribution < 1.29 is 8.22 Å². The Labute approximate surface area is 91.0 Å². The van der Waals surface area contributed by atoms with E-state index in [1.54, 1.807) is 24.3 Å². The molecule has 0 spiro atoms. The van der Waals surface area contributed by atoms with Gasteiger partial charge in [-0.15, -0.1) is 0 Å². The zero-order valence-corrected chi connectivity index (χ0v) is 11.3. The highest BCUT2D eigenvalue weighted by Crippen LogP contribution is 2.19. The molecule has 0 heterocycles. The molecular formula is C9H14ClFOSi2. The van der Waals surface area contributed by atoms with Gasteiger partial charge < -0.3 is 4.12 Å². The van der Waals surface area contributed by atoms with Gasteiger partial charge in [-0.25, -0.2) is 0 Å². The highest BCUT2D eigenvalue weighted by Gasteiger charge is 2.41. The van der Waals surface area contributed by atoms with Crippen LogP contribution in [0.3, 0.4) is 0 Å². The second-order valence-corrected chi connectivity index (χ2v) is 12.2. The normalized spacial score (nSPS) is 16.4. The van der Waals surface area contributed by atoms with Crippen molar-refractivity contribution in [1.82, 2.24) is 0 Å². The maximum Gasteiger partial charge on any atom is 0.507 e. The molecule has 0 aromatic heterocycles. The third-order valence-electron chi connectivity index (χ3n) is 1.54. The molecular weight excluding hydrogens is 235 g/mol. The second-order valence-electron chi connectivity index (χ2n) is 4.10. The zero-order chi connectivity index (χ0) is 10.8. The molecule has 0 amide bonds. The molecule has 0 aliphatic carbocycles. The van der Waals surface area contributed by atoms with Crippen LogP contribution in [0.4, 0.5) is 4.11 Å². The lowest BCUT2D eigenvalue weighted by molar-refractivity contribution is 0.504. The van der Waals surface area contributed by atoms with Crippen molar-refractivity contribution in [2.24, 2.45) is 0 Å². The molecule has 1 aromatic carbocycles. The van der Waals surface area contributed by atoms with Gasteiger partial charge in [-0.05, 0) is 19.6 Å². The van der Waals surface area contributed by atoms with Gasteiger partial charge in [0.25, 0.3) is 0 Å². The van der Waals surface area contributed by atoms with E-state index in [0.29, 0.717) is 5.19 Å². The van der Waals surface area contributed by atoms with Gasteiger partial charge in [-0.1, -0.05) is 41.4 Å². The summed E-state index contributed by atoms with van der Waals surface area (Å²) >= 11 is 5.83. The third kappa shape index (κ3) is 3.53. The summed E-state index contributed by atoms with van der Waals surface area (Å²) in [5.41, 5.74) is 0. The Hall–Kier alpha value is -0.166. The largest absolute Gasteiger partial charge is 0.507 e. The molecule has 0 radical (unpaired) electrons. The van der Waals surface area contributed by atoms with Crippen LogP contribution in [0.1, 0.15) is 0 Å². The van der Waals surface area contributed by atoms with Crippen LogP contribution >= 0.6 is 11.1 Å². The van der Waals surface area contributed by atoms with E-state index in [2.05, 4.69) is 0 Å². The summed E-state index contributed by atoms with van der Waals surface area (Å²) in [7, 11) is -5.60. The molecule has 0 bridgehead atoms. The van der Waals surface area contributed by atoms with Crippen LogP contribution in [0, 0.1) is 0 Å². The van der Waals surface area contributed by atoms with Crippen molar-refractivity contribution in [3.63, 3.8) is 0 Å². The lowest BCUT2D eigenvalue weighted by atomic mass is 10.4. The molecule has 0 aliphatic rings. The average molecular weight is 249 g/mol. The smallest absolute Gasteiger partial charge is 0.419 e. The first kappa shape index (κ1) is 11.9.